The van der Waals surface area contributed by atoms with Crippen LogP contribution >= 0.6 is 11.8 Å². The smallest absolute Gasteiger partial charge is 0.433 e. The first-order valence-electron chi connectivity index (χ1n) is 11.7. The molecular formula is C26H22F5N3O2S. The Labute approximate surface area is 214 Å². The molecule has 1 aromatic heterocycles. The highest BCUT2D eigenvalue weighted by Gasteiger charge is 2.44. The summed E-state index contributed by atoms with van der Waals surface area (Å²) in [5.74, 6) is -1.15. The van der Waals surface area contributed by atoms with Crippen molar-refractivity contribution < 1.29 is 31.5 Å². The number of carbonyl (C=O) groups is 1. The number of hydrogen-bond acceptors (Lipinski definition) is 5. The van der Waals surface area contributed by atoms with Crippen molar-refractivity contribution in [2.45, 2.75) is 61.0 Å². The molecule has 5 nitrogen and oxygen atoms in total. The Bertz CT molecular complexity index is 1270. The Morgan fingerprint density at radius 2 is 1.73 bits per heavy atom. The zero-order chi connectivity index (χ0) is 26.2. The summed E-state index contributed by atoms with van der Waals surface area (Å²) < 4.78 is 71.5. The molecule has 0 radical (unpaired) electrons. The molecule has 2 aliphatic rings. The van der Waals surface area contributed by atoms with E-state index in [0.717, 1.165) is 54.6 Å². The molecule has 37 heavy (non-hydrogen) atoms. The van der Waals surface area contributed by atoms with Crippen LogP contribution in [-0.4, -0.2) is 39.0 Å². The van der Waals surface area contributed by atoms with Gasteiger partial charge in [-0.3, -0.25) is 4.79 Å². The lowest BCUT2D eigenvalue weighted by Crippen LogP contribution is -2.49. The molecule has 1 amide bonds. The molecule has 3 heterocycles. The molecule has 0 spiro atoms. The van der Waals surface area contributed by atoms with E-state index in [4.69, 9.17) is 4.74 Å². The van der Waals surface area contributed by atoms with Gasteiger partial charge in [0.05, 0.1) is 0 Å². The van der Waals surface area contributed by atoms with Gasteiger partial charge in [-0.25, -0.2) is 18.7 Å². The van der Waals surface area contributed by atoms with E-state index in [0.29, 0.717) is 24.2 Å². The standard InChI is InChI=1S/C26H22F5N3O2S/c27-17-5-8-22(21(28)11-17)36-20-12-18-6-7-19(13-20)34(18)24(35)16-3-1-15(2-4-16)14-37-25-32-10-9-23(33-25)26(29,30)31/h1-5,8-11,18-20H,6-7,12-14H2. The minimum atomic E-state index is -4.53. The number of hydrogen-bond donors (Lipinski definition) is 0. The molecule has 2 unspecified atom stereocenters. The van der Waals surface area contributed by atoms with Crippen LogP contribution in [0.15, 0.2) is 59.9 Å². The van der Waals surface area contributed by atoms with Gasteiger partial charge in [0.2, 0.25) is 0 Å². The highest BCUT2D eigenvalue weighted by atomic mass is 32.2. The average Bonchev–Trinajstić information content (AvgIpc) is 3.14. The quantitative estimate of drug-likeness (QED) is 0.211. The number of nitrogens with zero attached hydrogens (tertiary/aromatic N) is 3. The van der Waals surface area contributed by atoms with E-state index < -0.39 is 23.5 Å². The fourth-order valence-electron chi connectivity index (χ4n) is 4.91. The number of rotatable bonds is 6. The number of aromatic nitrogens is 2. The molecule has 11 heteroatoms. The average molecular weight is 536 g/mol. The van der Waals surface area contributed by atoms with Crippen LogP contribution < -0.4 is 4.74 Å². The van der Waals surface area contributed by atoms with Gasteiger partial charge >= 0.3 is 6.18 Å². The topological polar surface area (TPSA) is 55.3 Å². The second-order valence-electron chi connectivity index (χ2n) is 9.09. The summed E-state index contributed by atoms with van der Waals surface area (Å²) in [5, 5.41) is 0.0251. The number of amides is 1. The van der Waals surface area contributed by atoms with Crippen molar-refractivity contribution >= 4 is 17.7 Å². The van der Waals surface area contributed by atoms with E-state index in [1.54, 1.807) is 24.3 Å². The van der Waals surface area contributed by atoms with Gasteiger partial charge < -0.3 is 9.64 Å². The van der Waals surface area contributed by atoms with E-state index in [-0.39, 0.29) is 35.0 Å². The maximum absolute atomic E-state index is 14.0. The van der Waals surface area contributed by atoms with Gasteiger partial charge in [-0.1, -0.05) is 23.9 Å². The molecule has 2 aromatic carbocycles. The number of fused-ring (bicyclic) bond motifs is 2. The van der Waals surface area contributed by atoms with Crippen LogP contribution in [0.4, 0.5) is 22.0 Å². The zero-order valence-electron chi connectivity index (χ0n) is 19.4. The highest BCUT2D eigenvalue weighted by molar-refractivity contribution is 7.98. The minimum absolute atomic E-state index is 0.00886. The second-order valence-corrected chi connectivity index (χ2v) is 10.0. The van der Waals surface area contributed by atoms with E-state index in [1.807, 2.05) is 4.90 Å². The molecule has 2 fully saturated rings. The fourth-order valence-corrected chi connectivity index (χ4v) is 5.70. The second kappa shape index (κ2) is 10.3. The van der Waals surface area contributed by atoms with Crippen LogP contribution in [0.25, 0.3) is 0 Å². The largest absolute Gasteiger partial charge is 0.487 e. The molecule has 3 aromatic rings. The summed E-state index contributed by atoms with van der Waals surface area (Å²) in [6.45, 7) is 0. The van der Waals surface area contributed by atoms with Gasteiger partial charge in [0.1, 0.15) is 17.6 Å². The minimum Gasteiger partial charge on any atom is -0.487 e. The van der Waals surface area contributed by atoms with Crippen LogP contribution in [0.2, 0.25) is 0 Å². The molecule has 2 bridgehead atoms. The summed E-state index contributed by atoms with van der Waals surface area (Å²) >= 11 is 1.08. The van der Waals surface area contributed by atoms with Crippen molar-refractivity contribution in [2.75, 3.05) is 0 Å². The van der Waals surface area contributed by atoms with Crippen LogP contribution in [0.1, 0.15) is 47.3 Å². The maximum Gasteiger partial charge on any atom is 0.433 e. The zero-order valence-corrected chi connectivity index (χ0v) is 20.2. The fraction of sp³-hybridized carbons (Fsp3) is 0.346. The number of benzene rings is 2. The molecule has 2 atom stereocenters. The third-order valence-electron chi connectivity index (χ3n) is 6.60. The lowest BCUT2D eigenvalue weighted by Gasteiger charge is -2.39. The van der Waals surface area contributed by atoms with E-state index >= 15 is 0 Å². The van der Waals surface area contributed by atoms with Crippen molar-refractivity contribution in [3.05, 3.63) is 83.2 Å². The number of carbonyl (C=O) groups excluding carboxylic acids is 1. The molecule has 0 N–H and O–H groups in total. The summed E-state index contributed by atoms with van der Waals surface area (Å²) in [7, 11) is 0. The van der Waals surface area contributed by atoms with Crippen molar-refractivity contribution in [1.29, 1.82) is 0 Å². The van der Waals surface area contributed by atoms with Gasteiger partial charge in [-0.15, -0.1) is 0 Å². The van der Waals surface area contributed by atoms with E-state index in [1.165, 1.54) is 6.07 Å². The number of piperidine rings is 1. The number of halogens is 5. The third kappa shape index (κ3) is 5.71. The Morgan fingerprint density at radius 1 is 1.03 bits per heavy atom. The lowest BCUT2D eigenvalue weighted by molar-refractivity contribution is -0.141. The Morgan fingerprint density at radius 3 is 2.38 bits per heavy atom. The van der Waals surface area contributed by atoms with E-state index in [9.17, 15) is 26.7 Å². The highest BCUT2D eigenvalue weighted by Crippen LogP contribution is 2.39. The van der Waals surface area contributed by atoms with Gasteiger partial charge in [0.25, 0.3) is 5.91 Å². The predicted octanol–water partition coefficient (Wildman–Crippen LogP) is 6.28. The summed E-state index contributed by atoms with van der Waals surface area (Å²) in [6, 6.07) is 10.9. The van der Waals surface area contributed by atoms with Crippen LogP contribution in [0.5, 0.6) is 5.75 Å². The SMILES string of the molecule is O=C(c1ccc(CSc2nccc(C(F)(F)F)n2)cc1)N1C2CCC1CC(Oc1ccc(F)cc1F)C2. The summed E-state index contributed by atoms with van der Waals surface area (Å²) in [6.07, 6.45) is -0.938. The van der Waals surface area contributed by atoms with Gasteiger partial charge in [-0.2, -0.15) is 13.2 Å². The van der Waals surface area contributed by atoms with Gasteiger partial charge in [-0.05, 0) is 48.7 Å². The van der Waals surface area contributed by atoms with Crippen LogP contribution in [0.3, 0.4) is 0 Å². The number of thioether (sulfide) groups is 1. The van der Waals surface area contributed by atoms with Crippen molar-refractivity contribution in [3.8, 4) is 5.75 Å². The molecule has 2 aliphatic heterocycles. The number of ether oxygens (including phenoxy) is 1. The maximum atomic E-state index is 14.0. The Hall–Kier alpha value is -3.21. The van der Waals surface area contributed by atoms with Crippen molar-refractivity contribution in [2.24, 2.45) is 0 Å². The molecule has 194 valence electrons. The lowest BCUT2D eigenvalue weighted by atomic mass is 9.98. The Balaban J connectivity index is 1.19. The first-order valence-corrected chi connectivity index (χ1v) is 12.7. The van der Waals surface area contributed by atoms with Gasteiger partial charge in [0, 0.05) is 48.5 Å². The summed E-state index contributed by atoms with van der Waals surface area (Å²) in [5.41, 5.74) is 0.349. The van der Waals surface area contributed by atoms with Gasteiger partial charge in [0.15, 0.2) is 16.7 Å². The monoisotopic (exact) mass is 535 g/mol. The van der Waals surface area contributed by atoms with Crippen molar-refractivity contribution in [3.63, 3.8) is 0 Å². The first kappa shape index (κ1) is 25.4. The normalized spacial score (nSPS) is 21.2. The first-order chi connectivity index (χ1) is 17.7. The molecule has 0 saturated carbocycles. The summed E-state index contributed by atoms with van der Waals surface area (Å²) in [4.78, 5) is 22.6. The third-order valence-corrected chi connectivity index (χ3v) is 7.54. The molecular weight excluding hydrogens is 513 g/mol. The van der Waals surface area contributed by atoms with Crippen LogP contribution in [-0.2, 0) is 11.9 Å². The Kier molecular flexibility index (Phi) is 7.06. The molecule has 0 aliphatic carbocycles. The van der Waals surface area contributed by atoms with E-state index in [2.05, 4.69) is 9.97 Å². The predicted molar refractivity (Wildman–Crippen MR) is 126 cm³/mol. The molecule has 5 rings (SSSR count). The number of alkyl halides is 3. The van der Waals surface area contributed by atoms with Crippen molar-refractivity contribution in [1.82, 2.24) is 14.9 Å². The molecule has 2 saturated heterocycles. The van der Waals surface area contributed by atoms with Crippen LogP contribution in [0, 0.1) is 11.6 Å².